The number of hydrogen-bond acceptors (Lipinski definition) is 6. The molecular formula is C24H34ClN5O2. The monoisotopic (exact) mass is 459 g/mol. The van der Waals surface area contributed by atoms with Crippen molar-refractivity contribution in [1.29, 1.82) is 0 Å². The minimum absolute atomic E-state index is 0.0693. The molecule has 0 saturated carbocycles. The topological polar surface area (TPSA) is 93.4 Å². The van der Waals surface area contributed by atoms with Crippen LogP contribution in [0.15, 0.2) is 24.5 Å². The molecule has 1 fully saturated rings. The van der Waals surface area contributed by atoms with Gasteiger partial charge in [0.1, 0.15) is 5.75 Å². The summed E-state index contributed by atoms with van der Waals surface area (Å²) >= 11 is 5.87. The van der Waals surface area contributed by atoms with E-state index in [4.69, 9.17) is 22.1 Å². The van der Waals surface area contributed by atoms with Gasteiger partial charge in [-0.15, -0.1) is 0 Å². The fourth-order valence-electron chi connectivity index (χ4n) is 4.16. The largest absolute Gasteiger partial charge is 0.494 e. The number of hydrogen-bond donors (Lipinski definition) is 2. The van der Waals surface area contributed by atoms with Crippen LogP contribution >= 0.6 is 11.6 Å². The van der Waals surface area contributed by atoms with E-state index in [2.05, 4.69) is 20.2 Å². The minimum Gasteiger partial charge on any atom is -0.494 e. The Kier molecular flexibility index (Phi) is 8.70. The quantitative estimate of drug-likeness (QED) is 0.552. The van der Waals surface area contributed by atoms with E-state index in [0.717, 1.165) is 61.6 Å². The molecule has 7 nitrogen and oxygen atoms in total. The van der Waals surface area contributed by atoms with Crippen molar-refractivity contribution >= 4 is 23.5 Å². The molecule has 3 rings (SSSR count). The van der Waals surface area contributed by atoms with Crippen LogP contribution in [0.3, 0.4) is 0 Å². The lowest BCUT2D eigenvalue weighted by molar-refractivity contribution is 0.0950. The van der Waals surface area contributed by atoms with Crippen molar-refractivity contribution in [2.75, 3.05) is 31.1 Å². The van der Waals surface area contributed by atoms with E-state index in [-0.39, 0.29) is 11.9 Å². The van der Waals surface area contributed by atoms with Crippen LogP contribution in [0, 0.1) is 19.8 Å². The Hall–Kier alpha value is -2.38. The van der Waals surface area contributed by atoms with Crippen molar-refractivity contribution < 1.29 is 9.53 Å². The normalized spacial score (nSPS) is 15.5. The average Bonchev–Trinajstić information content (AvgIpc) is 2.76. The smallest absolute Gasteiger partial charge is 0.251 e. The number of aromatic nitrogens is 2. The Morgan fingerprint density at radius 3 is 2.47 bits per heavy atom. The van der Waals surface area contributed by atoms with Crippen LogP contribution in [-0.4, -0.2) is 48.2 Å². The van der Waals surface area contributed by atoms with E-state index in [9.17, 15) is 4.79 Å². The molecule has 0 radical (unpaired) electrons. The zero-order chi connectivity index (χ0) is 23.1. The number of nitrogens with two attached hydrogens (primary N) is 1. The third-order valence-corrected chi connectivity index (χ3v) is 6.04. The molecule has 1 amide bonds. The second-order valence-electron chi connectivity index (χ2n) is 8.74. The summed E-state index contributed by atoms with van der Waals surface area (Å²) in [6, 6.07) is 3.82. The molecule has 0 spiro atoms. The van der Waals surface area contributed by atoms with Crippen LogP contribution in [0.5, 0.6) is 5.75 Å². The van der Waals surface area contributed by atoms with Gasteiger partial charge in [0.25, 0.3) is 5.91 Å². The second-order valence-corrected chi connectivity index (χ2v) is 9.18. The lowest BCUT2D eigenvalue weighted by atomic mass is 9.92. The van der Waals surface area contributed by atoms with Gasteiger partial charge < -0.3 is 20.7 Å². The third-order valence-electron chi connectivity index (χ3n) is 5.85. The fraction of sp³-hybridized carbons (Fsp3) is 0.542. The molecule has 1 aliphatic rings. The summed E-state index contributed by atoms with van der Waals surface area (Å²) < 4.78 is 6.00. The molecule has 8 heteroatoms. The van der Waals surface area contributed by atoms with Crippen molar-refractivity contribution in [3.63, 3.8) is 0 Å². The number of nitrogens with one attached hydrogen (secondary N) is 1. The number of rotatable bonds is 9. The maximum absolute atomic E-state index is 12.4. The van der Waals surface area contributed by atoms with Gasteiger partial charge in [-0.2, -0.15) is 0 Å². The Bertz CT molecular complexity index is 873. The molecule has 1 aromatic heterocycles. The van der Waals surface area contributed by atoms with Crippen LogP contribution in [0.4, 0.5) is 5.95 Å². The Balaban J connectivity index is 1.41. The summed E-state index contributed by atoms with van der Waals surface area (Å²) in [5, 5.41) is 3.45. The molecule has 1 atom stereocenters. The molecule has 1 aliphatic heterocycles. The van der Waals surface area contributed by atoms with Crippen LogP contribution < -0.4 is 20.7 Å². The van der Waals surface area contributed by atoms with E-state index in [1.165, 1.54) is 0 Å². The van der Waals surface area contributed by atoms with E-state index < -0.39 is 0 Å². The van der Waals surface area contributed by atoms with Gasteiger partial charge in [0.05, 0.1) is 24.0 Å². The van der Waals surface area contributed by atoms with Crippen molar-refractivity contribution in [1.82, 2.24) is 15.3 Å². The lowest BCUT2D eigenvalue weighted by Crippen LogP contribution is -2.35. The SMILES string of the molecule is Cc1cc(OCCCC2CCN(c3ncc(Cl)cn3)CC2)cc(C)c1C(=O)NC[C@@H](C)N. The van der Waals surface area contributed by atoms with Gasteiger partial charge in [-0.25, -0.2) is 9.97 Å². The highest BCUT2D eigenvalue weighted by atomic mass is 35.5. The van der Waals surface area contributed by atoms with Crippen LogP contribution in [-0.2, 0) is 0 Å². The second kappa shape index (κ2) is 11.5. The molecule has 2 heterocycles. The van der Waals surface area contributed by atoms with Crippen molar-refractivity contribution in [2.45, 2.75) is 52.5 Å². The van der Waals surface area contributed by atoms with Crippen LogP contribution in [0.2, 0.25) is 5.02 Å². The van der Waals surface area contributed by atoms with E-state index >= 15 is 0 Å². The Morgan fingerprint density at radius 1 is 1.25 bits per heavy atom. The summed E-state index contributed by atoms with van der Waals surface area (Å²) in [5.41, 5.74) is 8.27. The fourth-order valence-corrected chi connectivity index (χ4v) is 4.26. The summed E-state index contributed by atoms with van der Waals surface area (Å²) in [6.45, 7) is 8.83. The number of anilines is 1. The highest BCUT2D eigenvalue weighted by Crippen LogP contribution is 2.26. The van der Waals surface area contributed by atoms with E-state index in [1.54, 1.807) is 12.4 Å². The maximum Gasteiger partial charge on any atom is 0.251 e. The number of carbonyl (C=O) groups is 1. The minimum atomic E-state index is -0.0841. The standard InChI is InChI=1S/C24H34ClN5O2/c1-16-11-21(12-17(2)22(16)23(31)27-13-18(3)26)32-10-4-5-19-6-8-30(9-7-19)24-28-14-20(25)15-29-24/h11-12,14-15,18-19H,4-10,13,26H2,1-3H3,(H,27,31)/t18-/m1/s1. The molecule has 0 unspecified atom stereocenters. The predicted molar refractivity (Wildman–Crippen MR) is 129 cm³/mol. The highest BCUT2D eigenvalue weighted by Gasteiger charge is 2.21. The molecule has 32 heavy (non-hydrogen) atoms. The van der Waals surface area contributed by atoms with E-state index in [0.29, 0.717) is 29.7 Å². The number of benzene rings is 1. The number of carbonyl (C=O) groups excluding carboxylic acids is 1. The number of aryl methyl sites for hydroxylation is 2. The number of amides is 1. The van der Waals surface area contributed by atoms with Gasteiger partial charge in [0.2, 0.25) is 5.95 Å². The van der Waals surface area contributed by atoms with Gasteiger partial charge >= 0.3 is 0 Å². The summed E-state index contributed by atoms with van der Waals surface area (Å²) in [4.78, 5) is 23.3. The van der Waals surface area contributed by atoms with Crippen LogP contribution in [0.25, 0.3) is 0 Å². The summed E-state index contributed by atoms with van der Waals surface area (Å²) in [5.74, 6) is 2.19. The van der Waals surface area contributed by atoms with Gasteiger partial charge in [-0.05, 0) is 75.6 Å². The number of piperidine rings is 1. The molecule has 1 saturated heterocycles. The molecule has 0 aliphatic carbocycles. The number of halogens is 1. The maximum atomic E-state index is 12.4. The predicted octanol–water partition coefficient (Wildman–Crippen LogP) is 3.90. The Labute approximate surface area is 195 Å². The zero-order valence-corrected chi connectivity index (χ0v) is 20.0. The van der Waals surface area contributed by atoms with Gasteiger partial charge in [0.15, 0.2) is 0 Å². The van der Waals surface area contributed by atoms with Gasteiger partial charge in [-0.1, -0.05) is 11.6 Å². The molecule has 2 aromatic rings. The molecule has 0 bridgehead atoms. The molecular weight excluding hydrogens is 426 g/mol. The van der Waals surface area contributed by atoms with Crippen molar-refractivity contribution in [3.05, 3.63) is 46.2 Å². The third kappa shape index (κ3) is 6.81. The summed E-state index contributed by atoms with van der Waals surface area (Å²) in [6.07, 6.45) is 7.72. The van der Waals surface area contributed by atoms with Crippen molar-refractivity contribution in [2.24, 2.45) is 11.7 Å². The first-order valence-corrected chi connectivity index (χ1v) is 11.7. The highest BCUT2D eigenvalue weighted by molar-refractivity contribution is 6.30. The average molecular weight is 460 g/mol. The first-order valence-electron chi connectivity index (χ1n) is 11.3. The number of ether oxygens (including phenoxy) is 1. The lowest BCUT2D eigenvalue weighted by Gasteiger charge is -2.32. The first kappa shape index (κ1) is 24.3. The van der Waals surface area contributed by atoms with Gasteiger partial charge in [0, 0.05) is 31.2 Å². The zero-order valence-electron chi connectivity index (χ0n) is 19.2. The molecule has 3 N–H and O–H groups in total. The molecule has 174 valence electrons. The Morgan fingerprint density at radius 2 is 1.88 bits per heavy atom. The van der Waals surface area contributed by atoms with Crippen molar-refractivity contribution in [3.8, 4) is 5.75 Å². The summed E-state index contributed by atoms with van der Waals surface area (Å²) in [7, 11) is 0. The van der Waals surface area contributed by atoms with E-state index in [1.807, 2.05) is 32.9 Å². The first-order chi connectivity index (χ1) is 15.3. The van der Waals surface area contributed by atoms with Crippen LogP contribution in [0.1, 0.15) is 54.1 Å². The van der Waals surface area contributed by atoms with Gasteiger partial charge in [-0.3, -0.25) is 4.79 Å². The molecule has 1 aromatic carbocycles. The number of nitrogens with zero attached hydrogens (tertiary/aromatic N) is 3.